The standard InChI is InChI=1S/C10H11ClO3S/c1-8(7-10(11)12)15(13,14)9-5-3-2-4-6-9/h2-6,8H,7H2,1H3. The summed E-state index contributed by atoms with van der Waals surface area (Å²) >= 11 is 5.16. The molecule has 0 aliphatic carbocycles. The third-order valence-corrected chi connectivity index (χ3v) is 4.36. The quantitative estimate of drug-likeness (QED) is 0.764. The van der Waals surface area contributed by atoms with Gasteiger partial charge in [0.05, 0.1) is 10.1 Å². The lowest BCUT2D eigenvalue weighted by atomic mass is 10.4. The lowest BCUT2D eigenvalue weighted by Gasteiger charge is -2.10. The Labute approximate surface area is 94.0 Å². The smallest absolute Gasteiger partial charge is 0.222 e. The molecular weight excluding hydrogens is 236 g/mol. The van der Waals surface area contributed by atoms with Gasteiger partial charge in [-0.3, -0.25) is 4.79 Å². The van der Waals surface area contributed by atoms with Crippen LogP contribution in [0.15, 0.2) is 35.2 Å². The van der Waals surface area contributed by atoms with Crippen molar-refractivity contribution in [3.8, 4) is 0 Å². The number of carbonyl (C=O) groups is 1. The fraction of sp³-hybridized carbons (Fsp3) is 0.300. The predicted octanol–water partition coefficient (Wildman–Crippen LogP) is 2.00. The Bertz CT molecular complexity index is 439. The fourth-order valence-electron chi connectivity index (χ4n) is 1.18. The van der Waals surface area contributed by atoms with Crippen molar-refractivity contribution in [3.63, 3.8) is 0 Å². The van der Waals surface area contributed by atoms with Gasteiger partial charge in [0.15, 0.2) is 9.84 Å². The molecule has 0 fully saturated rings. The molecule has 0 radical (unpaired) electrons. The highest BCUT2D eigenvalue weighted by Gasteiger charge is 2.24. The monoisotopic (exact) mass is 246 g/mol. The minimum atomic E-state index is -3.44. The Balaban J connectivity index is 2.99. The van der Waals surface area contributed by atoms with E-state index in [0.717, 1.165) is 0 Å². The number of sulfone groups is 1. The molecule has 1 aromatic rings. The number of rotatable bonds is 4. The van der Waals surface area contributed by atoms with Crippen molar-refractivity contribution in [1.82, 2.24) is 0 Å². The van der Waals surface area contributed by atoms with Crippen LogP contribution in [0.5, 0.6) is 0 Å². The van der Waals surface area contributed by atoms with Crippen molar-refractivity contribution < 1.29 is 13.2 Å². The Morgan fingerprint density at radius 1 is 1.33 bits per heavy atom. The number of carbonyl (C=O) groups excluding carboxylic acids is 1. The molecule has 0 amide bonds. The first-order valence-electron chi connectivity index (χ1n) is 4.42. The van der Waals surface area contributed by atoms with E-state index in [1.807, 2.05) is 0 Å². The van der Waals surface area contributed by atoms with Gasteiger partial charge in [0.25, 0.3) is 0 Å². The molecule has 82 valence electrons. The Hall–Kier alpha value is -0.870. The van der Waals surface area contributed by atoms with Gasteiger partial charge in [-0.1, -0.05) is 18.2 Å². The zero-order valence-electron chi connectivity index (χ0n) is 8.18. The maximum absolute atomic E-state index is 11.9. The molecule has 1 aromatic carbocycles. The van der Waals surface area contributed by atoms with Crippen LogP contribution in [-0.2, 0) is 14.6 Å². The highest BCUT2D eigenvalue weighted by Crippen LogP contribution is 2.18. The summed E-state index contributed by atoms with van der Waals surface area (Å²) < 4.78 is 23.7. The number of benzene rings is 1. The molecule has 0 saturated carbocycles. The highest BCUT2D eigenvalue weighted by molar-refractivity contribution is 7.92. The van der Waals surface area contributed by atoms with Gasteiger partial charge >= 0.3 is 0 Å². The van der Waals surface area contributed by atoms with Crippen LogP contribution in [0.2, 0.25) is 0 Å². The minimum absolute atomic E-state index is 0.168. The van der Waals surface area contributed by atoms with E-state index in [1.165, 1.54) is 19.1 Å². The lowest BCUT2D eigenvalue weighted by molar-refractivity contribution is -0.111. The molecule has 0 bridgehead atoms. The molecule has 1 atom stereocenters. The van der Waals surface area contributed by atoms with Gasteiger partial charge in [0, 0.05) is 6.42 Å². The van der Waals surface area contributed by atoms with E-state index in [1.54, 1.807) is 18.2 Å². The first kappa shape index (κ1) is 12.2. The predicted molar refractivity (Wildman–Crippen MR) is 58.6 cm³/mol. The molecule has 15 heavy (non-hydrogen) atoms. The number of halogens is 1. The molecular formula is C10H11ClO3S. The second-order valence-electron chi connectivity index (χ2n) is 3.23. The van der Waals surface area contributed by atoms with E-state index in [4.69, 9.17) is 11.6 Å². The highest BCUT2D eigenvalue weighted by atomic mass is 35.5. The molecule has 1 rings (SSSR count). The summed E-state index contributed by atoms with van der Waals surface area (Å²) in [5.74, 6) is 0. The van der Waals surface area contributed by atoms with E-state index >= 15 is 0 Å². The molecule has 0 N–H and O–H groups in total. The molecule has 0 spiro atoms. The minimum Gasteiger partial charge on any atom is -0.281 e. The maximum Gasteiger partial charge on any atom is 0.222 e. The van der Waals surface area contributed by atoms with E-state index < -0.39 is 20.3 Å². The second-order valence-corrected chi connectivity index (χ2v) is 6.02. The molecule has 0 saturated heterocycles. The van der Waals surface area contributed by atoms with Crippen LogP contribution in [0.25, 0.3) is 0 Å². The van der Waals surface area contributed by atoms with Crippen molar-refractivity contribution in [2.75, 3.05) is 0 Å². The first-order valence-corrected chi connectivity index (χ1v) is 6.34. The van der Waals surface area contributed by atoms with Crippen molar-refractivity contribution in [2.24, 2.45) is 0 Å². The summed E-state index contributed by atoms with van der Waals surface area (Å²) in [6.45, 7) is 1.47. The fourth-order valence-corrected chi connectivity index (χ4v) is 2.87. The summed E-state index contributed by atoms with van der Waals surface area (Å²) in [6.07, 6.45) is -0.168. The van der Waals surface area contributed by atoms with Crippen molar-refractivity contribution in [3.05, 3.63) is 30.3 Å². The average molecular weight is 247 g/mol. The van der Waals surface area contributed by atoms with Crippen LogP contribution in [-0.4, -0.2) is 18.9 Å². The van der Waals surface area contributed by atoms with Crippen LogP contribution in [0, 0.1) is 0 Å². The average Bonchev–Trinajstić information content (AvgIpc) is 2.18. The summed E-state index contributed by atoms with van der Waals surface area (Å²) in [6, 6.07) is 8.02. The van der Waals surface area contributed by atoms with Crippen LogP contribution in [0.3, 0.4) is 0 Å². The molecule has 1 unspecified atom stereocenters. The van der Waals surface area contributed by atoms with Gasteiger partial charge in [-0.15, -0.1) is 0 Å². The van der Waals surface area contributed by atoms with Crippen LogP contribution >= 0.6 is 11.6 Å². The molecule has 0 aliphatic rings. The largest absolute Gasteiger partial charge is 0.281 e. The summed E-state index contributed by atoms with van der Waals surface area (Å²) in [4.78, 5) is 10.9. The molecule has 3 nitrogen and oxygen atoms in total. The summed E-state index contributed by atoms with van der Waals surface area (Å²) in [5, 5.41) is -1.42. The van der Waals surface area contributed by atoms with Crippen molar-refractivity contribution in [1.29, 1.82) is 0 Å². The van der Waals surface area contributed by atoms with E-state index in [2.05, 4.69) is 0 Å². The third kappa shape index (κ3) is 3.04. The summed E-state index contributed by atoms with van der Waals surface area (Å²) in [7, 11) is -3.44. The Morgan fingerprint density at radius 3 is 2.33 bits per heavy atom. The van der Waals surface area contributed by atoms with E-state index in [-0.39, 0.29) is 11.3 Å². The zero-order chi connectivity index (χ0) is 11.5. The Morgan fingerprint density at radius 2 is 1.87 bits per heavy atom. The molecule has 5 heteroatoms. The van der Waals surface area contributed by atoms with Gasteiger partial charge < -0.3 is 0 Å². The summed E-state index contributed by atoms with van der Waals surface area (Å²) in [5.41, 5.74) is 0. The lowest BCUT2D eigenvalue weighted by Crippen LogP contribution is -2.19. The van der Waals surface area contributed by atoms with E-state index in [9.17, 15) is 13.2 Å². The van der Waals surface area contributed by atoms with Crippen molar-refractivity contribution >= 4 is 26.7 Å². The molecule has 0 heterocycles. The second kappa shape index (κ2) is 4.77. The first-order chi connectivity index (χ1) is 6.94. The van der Waals surface area contributed by atoms with E-state index in [0.29, 0.717) is 0 Å². The van der Waals surface area contributed by atoms with Crippen LogP contribution in [0.1, 0.15) is 13.3 Å². The van der Waals surface area contributed by atoms with Gasteiger partial charge in [0.1, 0.15) is 0 Å². The van der Waals surface area contributed by atoms with Crippen molar-refractivity contribution in [2.45, 2.75) is 23.5 Å². The molecule has 0 aromatic heterocycles. The van der Waals surface area contributed by atoms with Gasteiger partial charge in [-0.2, -0.15) is 0 Å². The number of hydrogen-bond donors (Lipinski definition) is 0. The molecule has 0 aliphatic heterocycles. The van der Waals surface area contributed by atoms with Crippen LogP contribution < -0.4 is 0 Å². The van der Waals surface area contributed by atoms with Gasteiger partial charge in [0.2, 0.25) is 5.24 Å². The number of hydrogen-bond acceptors (Lipinski definition) is 3. The van der Waals surface area contributed by atoms with Crippen LogP contribution in [0.4, 0.5) is 0 Å². The van der Waals surface area contributed by atoms with Gasteiger partial charge in [-0.05, 0) is 30.7 Å². The Kier molecular flexibility index (Phi) is 3.88. The van der Waals surface area contributed by atoms with Gasteiger partial charge in [-0.25, -0.2) is 8.42 Å². The SMILES string of the molecule is CC(CC(=O)Cl)S(=O)(=O)c1ccccc1. The maximum atomic E-state index is 11.9. The third-order valence-electron chi connectivity index (χ3n) is 2.05. The zero-order valence-corrected chi connectivity index (χ0v) is 9.75. The topological polar surface area (TPSA) is 51.2 Å². The normalized spacial score (nSPS) is 13.5.